The molecule has 0 aliphatic carbocycles. The lowest BCUT2D eigenvalue weighted by molar-refractivity contribution is -0.148. The van der Waals surface area contributed by atoms with E-state index in [-0.39, 0.29) is 17.7 Å². The second kappa shape index (κ2) is 11.7. The van der Waals surface area contributed by atoms with Crippen LogP contribution in [0.5, 0.6) is 0 Å². The van der Waals surface area contributed by atoms with Gasteiger partial charge in [0.05, 0.1) is 6.61 Å². The van der Waals surface area contributed by atoms with Gasteiger partial charge in [0.1, 0.15) is 11.9 Å². The molecule has 0 bridgehead atoms. The highest BCUT2D eigenvalue weighted by molar-refractivity contribution is 5.97. The molecule has 1 aromatic rings. The van der Waals surface area contributed by atoms with Crippen molar-refractivity contribution in [3.63, 3.8) is 0 Å². The van der Waals surface area contributed by atoms with E-state index >= 15 is 0 Å². The summed E-state index contributed by atoms with van der Waals surface area (Å²) in [6, 6.07) is 4.92. The first-order valence-electron chi connectivity index (χ1n) is 10.4. The number of unbranched alkanes of at least 4 members (excludes halogenated alkanes) is 7. The van der Waals surface area contributed by atoms with Crippen LogP contribution in [0.25, 0.3) is 0 Å². The fraction of sp³-hybridized carbons (Fsp3) is 0.636. The number of hydrogen-bond donors (Lipinski definition) is 0. The van der Waals surface area contributed by atoms with E-state index in [0.717, 1.165) is 19.3 Å². The van der Waals surface area contributed by atoms with Gasteiger partial charge in [0.2, 0.25) is 0 Å². The van der Waals surface area contributed by atoms with Gasteiger partial charge >= 0.3 is 5.97 Å². The highest BCUT2D eigenvalue weighted by atomic mass is 19.1. The van der Waals surface area contributed by atoms with Gasteiger partial charge in [-0.1, -0.05) is 51.9 Å². The average molecular weight is 378 g/mol. The van der Waals surface area contributed by atoms with Crippen LogP contribution in [0.3, 0.4) is 0 Å². The summed E-state index contributed by atoms with van der Waals surface area (Å²) in [6.07, 6.45) is 11.0. The highest BCUT2D eigenvalue weighted by Gasteiger charge is 2.35. The first kappa shape index (κ1) is 21.4. The quantitative estimate of drug-likeness (QED) is 0.397. The highest BCUT2D eigenvalue weighted by Crippen LogP contribution is 2.21. The predicted molar refractivity (Wildman–Crippen MR) is 104 cm³/mol. The number of amides is 1. The van der Waals surface area contributed by atoms with Gasteiger partial charge in [-0.25, -0.2) is 9.18 Å². The van der Waals surface area contributed by atoms with E-state index in [1.807, 2.05) is 0 Å². The van der Waals surface area contributed by atoms with Crippen LogP contribution in [0.15, 0.2) is 24.3 Å². The molecule has 27 heavy (non-hydrogen) atoms. The minimum Gasteiger partial charge on any atom is -0.464 e. The van der Waals surface area contributed by atoms with E-state index in [1.165, 1.54) is 62.8 Å². The normalized spacial score (nSPS) is 16.5. The van der Waals surface area contributed by atoms with E-state index in [0.29, 0.717) is 25.1 Å². The van der Waals surface area contributed by atoms with Crippen LogP contribution < -0.4 is 0 Å². The van der Waals surface area contributed by atoms with Crippen LogP contribution in [0.2, 0.25) is 0 Å². The SMILES string of the molecule is CCCCCCCCCCOC(=O)C1CCCN1C(=O)c1ccc(F)cc1. The van der Waals surface area contributed by atoms with Gasteiger partial charge in [-0.05, 0) is 43.5 Å². The maximum atomic E-state index is 13.0. The van der Waals surface area contributed by atoms with Crippen LogP contribution in [-0.2, 0) is 9.53 Å². The third-order valence-electron chi connectivity index (χ3n) is 5.12. The second-order valence-electron chi connectivity index (χ2n) is 7.31. The van der Waals surface area contributed by atoms with Crippen LogP contribution in [0.1, 0.15) is 81.5 Å². The first-order chi connectivity index (χ1) is 13.1. The number of carbonyl (C=O) groups is 2. The Balaban J connectivity index is 1.69. The lowest BCUT2D eigenvalue weighted by atomic mass is 10.1. The molecule has 0 aromatic heterocycles. The number of esters is 1. The van der Waals surface area contributed by atoms with E-state index in [4.69, 9.17) is 4.74 Å². The van der Waals surface area contributed by atoms with Gasteiger partial charge in [-0.2, -0.15) is 0 Å². The van der Waals surface area contributed by atoms with Crippen molar-refractivity contribution in [2.24, 2.45) is 0 Å². The van der Waals surface area contributed by atoms with Gasteiger partial charge in [-0.3, -0.25) is 4.79 Å². The molecule has 0 saturated carbocycles. The molecule has 0 radical (unpaired) electrons. The molecule has 1 fully saturated rings. The molecule has 1 aliphatic heterocycles. The molecule has 1 aromatic carbocycles. The minimum absolute atomic E-state index is 0.235. The molecule has 0 spiro atoms. The Morgan fingerprint density at radius 3 is 2.33 bits per heavy atom. The fourth-order valence-corrected chi connectivity index (χ4v) is 3.52. The number of ether oxygens (including phenoxy) is 1. The van der Waals surface area contributed by atoms with Crippen LogP contribution in [-0.4, -0.2) is 36.0 Å². The van der Waals surface area contributed by atoms with E-state index in [2.05, 4.69) is 6.92 Å². The minimum atomic E-state index is -0.517. The Kier molecular flexibility index (Phi) is 9.29. The van der Waals surface area contributed by atoms with Crippen LogP contribution in [0, 0.1) is 5.82 Å². The number of hydrogen-bond acceptors (Lipinski definition) is 3. The molecule has 150 valence electrons. The Bertz CT molecular complexity index is 588. The Labute approximate surface area is 162 Å². The van der Waals surface area contributed by atoms with Crippen molar-refractivity contribution in [3.8, 4) is 0 Å². The van der Waals surface area contributed by atoms with E-state index in [1.54, 1.807) is 4.90 Å². The predicted octanol–water partition coefficient (Wildman–Crippen LogP) is 5.11. The summed E-state index contributed by atoms with van der Waals surface area (Å²) in [5, 5.41) is 0. The van der Waals surface area contributed by atoms with E-state index < -0.39 is 6.04 Å². The fourth-order valence-electron chi connectivity index (χ4n) is 3.52. The van der Waals surface area contributed by atoms with Crippen molar-refractivity contribution in [1.82, 2.24) is 4.90 Å². The number of rotatable bonds is 11. The Hall–Kier alpha value is -1.91. The summed E-state index contributed by atoms with van der Waals surface area (Å²) in [6.45, 7) is 3.17. The molecule has 1 unspecified atom stereocenters. The molecule has 0 N–H and O–H groups in total. The van der Waals surface area contributed by atoms with Crippen molar-refractivity contribution < 1.29 is 18.7 Å². The zero-order valence-electron chi connectivity index (χ0n) is 16.4. The van der Waals surface area contributed by atoms with Crippen LogP contribution >= 0.6 is 0 Å². The van der Waals surface area contributed by atoms with Gasteiger partial charge in [0.25, 0.3) is 5.91 Å². The average Bonchev–Trinajstić information content (AvgIpc) is 3.16. The largest absolute Gasteiger partial charge is 0.464 e. The molecule has 5 heteroatoms. The van der Waals surface area contributed by atoms with Gasteiger partial charge in [-0.15, -0.1) is 0 Å². The van der Waals surface area contributed by atoms with Crippen molar-refractivity contribution >= 4 is 11.9 Å². The standard InChI is InChI=1S/C22H32FNO3/c1-2-3-4-5-6-7-8-9-17-27-22(26)20-11-10-16-24(20)21(25)18-12-14-19(23)15-13-18/h12-15,20H,2-11,16-17H2,1H3. The van der Waals surface area contributed by atoms with Crippen LogP contribution in [0.4, 0.5) is 4.39 Å². The number of halogens is 1. The summed E-state index contributed by atoms with van der Waals surface area (Å²) in [7, 11) is 0. The number of benzene rings is 1. The van der Waals surface area contributed by atoms with Gasteiger partial charge in [0.15, 0.2) is 0 Å². The number of likely N-dealkylation sites (tertiary alicyclic amines) is 1. The molecule has 1 aliphatic rings. The third-order valence-corrected chi connectivity index (χ3v) is 5.12. The summed E-state index contributed by atoms with van der Waals surface area (Å²) in [5.74, 6) is -0.929. The molecule has 1 amide bonds. The number of carbonyl (C=O) groups excluding carboxylic acids is 2. The lowest BCUT2D eigenvalue weighted by Gasteiger charge is -2.23. The van der Waals surface area contributed by atoms with E-state index in [9.17, 15) is 14.0 Å². The van der Waals surface area contributed by atoms with Gasteiger partial charge in [0, 0.05) is 12.1 Å². The summed E-state index contributed by atoms with van der Waals surface area (Å²) in [5.41, 5.74) is 0.402. The monoisotopic (exact) mass is 377 g/mol. The molecule has 1 heterocycles. The molecule has 1 saturated heterocycles. The maximum Gasteiger partial charge on any atom is 0.328 e. The van der Waals surface area contributed by atoms with Crippen molar-refractivity contribution in [2.45, 2.75) is 77.2 Å². The summed E-state index contributed by atoms with van der Waals surface area (Å²) < 4.78 is 18.5. The summed E-state index contributed by atoms with van der Waals surface area (Å²) in [4.78, 5) is 26.5. The van der Waals surface area contributed by atoms with Gasteiger partial charge < -0.3 is 9.64 Å². The second-order valence-corrected chi connectivity index (χ2v) is 7.31. The molecule has 1 atom stereocenters. The number of nitrogens with zero attached hydrogens (tertiary/aromatic N) is 1. The smallest absolute Gasteiger partial charge is 0.328 e. The molecular weight excluding hydrogens is 345 g/mol. The third kappa shape index (κ3) is 6.96. The topological polar surface area (TPSA) is 46.6 Å². The Morgan fingerprint density at radius 1 is 1.04 bits per heavy atom. The van der Waals surface area contributed by atoms with Crippen molar-refractivity contribution in [1.29, 1.82) is 0 Å². The summed E-state index contributed by atoms with van der Waals surface area (Å²) >= 11 is 0. The zero-order valence-corrected chi connectivity index (χ0v) is 16.4. The first-order valence-corrected chi connectivity index (χ1v) is 10.4. The Morgan fingerprint density at radius 2 is 1.67 bits per heavy atom. The lowest BCUT2D eigenvalue weighted by Crippen LogP contribution is -2.41. The molecule has 2 rings (SSSR count). The molecule has 4 nitrogen and oxygen atoms in total. The van der Waals surface area contributed by atoms with Crippen molar-refractivity contribution in [3.05, 3.63) is 35.6 Å². The maximum absolute atomic E-state index is 13.0. The zero-order chi connectivity index (χ0) is 19.5. The van der Waals surface area contributed by atoms with Crippen molar-refractivity contribution in [2.75, 3.05) is 13.2 Å². The molecular formula is C22H32FNO3.